The van der Waals surface area contributed by atoms with Gasteiger partial charge in [0.05, 0.1) is 0 Å². The summed E-state index contributed by atoms with van der Waals surface area (Å²) in [6.45, 7) is 3.25. The van der Waals surface area contributed by atoms with Crippen LogP contribution in [0.5, 0.6) is 0 Å². The first-order chi connectivity index (χ1) is 4.33. The van der Waals surface area contributed by atoms with Crippen molar-refractivity contribution in [1.29, 1.82) is 0 Å². The van der Waals surface area contributed by atoms with E-state index >= 15 is 0 Å². The third-order valence-corrected chi connectivity index (χ3v) is 1.59. The highest BCUT2D eigenvalue weighted by Crippen LogP contribution is 2.07. The molecule has 0 aliphatic carbocycles. The van der Waals surface area contributed by atoms with Gasteiger partial charge >= 0.3 is 0 Å². The molecule has 0 saturated heterocycles. The van der Waals surface area contributed by atoms with Gasteiger partial charge in [-0.3, -0.25) is 0 Å². The summed E-state index contributed by atoms with van der Waals surface area (Å²) in [5, 5.41) is 0. The average Bonchev–Trinajstić information content (AvgIpc) is 1.90. The van der Waals surface area contributed by atoms with Crippen molar-refractivity contribution in [3.8, 4) is 0 Å². The fourth-order valence-corrected chi connectivity index (χ4v) is 0.875. The van der Waals surface area contributed by atoms with E-state index < -0.39 is 0 Å². The van der Waals surface area contributed by atoms with Crippen LogP contribution in [0.25, 0.3) is 0 Å². The number of hydrogen-bond donors (Lipinski definition) is 0. The van der Waals surface area contributed by atoms with Crippen LogP contribution in [0.3, 0.4) is 0 Å². The van der Waals surface area contributed by atoms with E-state index in [-0.39, 0.29) is 0 Å². The van der Waals surface area contributed by atoms with Crippen molar-refractivity contribution in [2.24, 2.45) is 0 Å². The highest BCUT2D eigenvalue weighted by molar-refractivity contribution is 5.21. The standard InChI is InChI=1S/C8H13N/c1-3-8-4-6-9(2)7-5-8/h4-6H,3,7H2,1-2H3. The van der Waals surface area contributed by atoms with E-state index in [1.54, 1.807) is 0 Å². The Bertz CT molecular complexity index is 145. The van der Waals surface area contributed by atoms with Gasteiger partial charge < -0.3 is 4.90 Å². The molecule has 0 aromatic carbocycles. The van der Waals surface area contributed by atoms with E-state index in [2.05, 4.69) is 37.2 Å². The Balaban J connectivity index is 2.52. The summed E-state index contributed by atoms with van der Waals surface area (Å²) < 4.78 is 0. The van der Waals surface area contributed by atoms with Crippen molar-refractivity contribution < 1.29 is 0 Å². The zero-order valence-corrected chi connectivity index (χ0v) is 6.09. The highest BCUT2D eigenvalue weighted by Gasteiger charge is 1.95. The number of likely N-dealkylation sites (N-methyl/N-ethyl adjacent to an activating group) is 1. The van der Waals surface area contributed by atoms with Gasteiger partial charge in [0, 0.05) is 13.6 Å². The number of hydrogen-bond acceptors (Lipinski definition) is 1. The van der Waals surface area contributed by atoms with Gasteiger partial charge in [0.25, 0.3) is 0 Å². The number of rotatable bonds is 1. The minimum Gasteiger partial charge on any atom is -0.377 e. The molecule has 50 valence electrons. The Hall–Kier alpha value is -0.720. The maximum Gasteiger partial charge on any atom is 0.0356 e. The van der Waals surface area contributed by atoms with Crippen molar-refractivity contribution >= 4 is 0 Å². The second-order valence-corrected chi connectivity index (χ2v) is 2.39. The lowest BCUT2D eigenvalue weighted by Crippen LogP contribution is -2.13. The molecule has 1 aliphatic rings. The van der Waals surface area contributed by atoms with Crippen molar-refractivity contribution in [3.05, 3.63) is 23.9 Å². The van der Waals surface area contributed by atoms with Crippen LogP contribution < -0.4 is 0 Å². The predicted molar refractivity (Wildman–Crippen MR) is 40.1 cm³/mol. The Labute approximate surface area is 56.7 Å². The van der Waals surface area contributed by atoms with Crippen LogP contribution in [-0.2, 0) is 0 Å². The Morgan fingerprint density at radius 3 is 2.89 bits per heavy atom. The van der Waals surface area contributed by atoms with Gasteiger partial charge in [-0.2, -0.15) is 0 Å². The summed E-state index contributed by atoms with van der Waals surface area (Å²) in [7, 11) is 2.08. The lowest BCUT2D eigenvalue weighted by atomic mass is 10.1. The van der Waals surface area contributed by atoms with E-state index in [9.17, 15) is 0 Å². The zero-order chi connectivity index (χ0) is 6.69. The molecular weight excluding hydrogens is 110 g/mol. The monoisotopic (exact) mass is 123 g/mol. The topological polar surface area (TPSA) is 3.24 Å². The third-order valence-electron chi connectivity index (χ3n) is 1.59. The van der Waals surface area contributed by atoms with Gasteiger partial charge in [0.1, 0.15) is 0 Å². The second kappa shape index (κ2) is 2.72. The molecule has 0 atom stereocenters. The number of nitrogens with zero attached hydrogens (tertiary/aromatic N) is 1. The first-order valence-corrected chi connectivity index (χ1v) is 3.40. The van der Waals surface area contributed by atoms with Gasteiger partial charge in [-0.25, -0.2) is 0 Å². The lowest BCUT2D eigenvalue weighted by molar-refractivity contribution is 0.501. The minimum absolute atomic E-state index is 1.07. The molecule has 1 heteroatoms. The van der Waals surface area contributed by atoms with E-state index in [4.69, 9.17) is 0 Å². The smallest absolute Gasteiger partial charge is 0.0356 e. The van der Waals surface area contributed by atoms with Gasteiger partial charge in [-0.1, -0.05) is 13.0 Å². The molecule has 1 heterocycles. The van der Waals surface area contributed by atoms with Crippen molar-refractivity contribution in [2.75, 3.05) is 13.6 Å². The summed E-state index contributed by atoms with van der Waals surface area (Å²) >= 11 is 0. The molecular formula is C8H13N. The highest BCUT2D eigenvalue weighted by atomic mass is 15.1. The normalized spacial score (nSPS) is 18.0. The predicted octanol–water partition coefficient (Wildman–Crippen LogP) is 1.78. The minimum atomic E-state index is 1.07. The lowest BCUT2D eigenvalue weighted by Gasteiger charge is -2.15. The molecule has 1 aliphatic heterocycles. The molecule has 0 bridgehead atoms. The van der Waals surface area contributed by atoms with Gasteiger partial charge in [0.2, 0.25) is 0 Å². The summed E-state index contributed by atoms with van der Waals surface area (Å²) in [4.78, 5) is 2.17. The first kappa shape index (κ1) is 6.40. The molecule has 0 amide bonds. The van der Waals surface area contributed by atoms with E-state index in [0.29, 0.717) is 0 Å². The molecule has 0 N–H and O–H groups in total. The molecule has 0 aromatic heterocycles. The van der Waals surface area contributed by atoms with E-state index in [1.165, 1.54) is 5.57 Å². The quantitative estimate of drug-likeness (QED) is 0.513. The summed E-state index contributed by atoms with van der Waals surface area (Å²) in [6, 6.07) is 0. The molecule has 0 aromatic rings. The molecule has 9 heavy (non-hydrogen) atoms. The maximum atomic E-state index is 2.26. The van der Waals surface area contributed by atoms with Crippen molar-refractivity contribution in [2.45, 2.75) is 13.3 Å². The largest absolute Gasteiger partial charge is 0.377 e. The molecule has 0 spiro atoms. The molecule has 0 saturated carbocycles. The van der Waals surface area contributed by atoms with Crippen LogP contribution in [0.4, 0.5) is 0 Å². The van der Waals surface area contributed by atoms with Gasteiger partial charge in [0.15, 0.2) is 0 Å². The first-order valence-electron chi connectivity index (χ1n) is 3.40. The fraction of sp³-hybridized carbons (Fsp3) is 0.500. The van der Waals surface area contributed by atoms with Crippen LogP contribution in [0.2, 0.25) is 0 Å². The molecule has 0 unspecified atom stereocenters. The second-order valence-electron chi connectivity index (χ2n) is 2.39. The molecule has 1 rings (SSSR count). The van der Waals surface area contributed by atoms with E-state index in [0.717, 1.165) is 13.0 Å². The Kier molecular flexibility index (Phi) is 1.93. The Morgan fingerprint density at radius 2 is 2.44 bits per heavy atom. The maximum absolute atomic E-state index is 2.26. The van der Waals surface area contributed by atoms with Crippen LogP contribution in [0.15, 0.2) is 23.9 Å². The van der Waals surface area contributed by atoms with Gasteiger partial charge in [-0.15, -0.1) is 0 Å². The summed E-state index contributed by atoms with van der Waals surface area (Å²) in [6.07, 6.45) is 7.71. The van der Waals surface area contributed by atoms with Crippen LogP contribution in [-0.4, -0.2) is 18.5 Å². The average molecular weight is 123 g/mol. The van der Waals surface area contributed by atoms with E-state index in [1.807, 2.05) is 0 Å². The van der Waals surface area contributed by atoms with Gasteiger partial charge in [-0.05, 0) is 24.3 Å². The van der Waals surface area contributed by atoms with Crippen LogP contribution >= 0.6 is 0 Å². The zero-order valence-electron chi connectivity index (χ0n) is 6.09. The number of allylic oxidation sites excluding steroid dienone is 2. The fourth-order valence-electron chi connectivity index (χ4n) is 0.875. The summed E-state index contributed by atoms with van der Waals surface area (Å²) in [5.41, 5.74) is 1.45. The van der Waals surface area contributed by atoms with Crippen molar-refractivity contribution in [3.63, 3.8) is 0 Å². The molecule has 0 fully saturated rings. The SMILES string of the molecule is CCC1=CCN(C)C=C1. The third kappa shape index (κ3) is 1.60. The Morgan fingerprint density at radius 1 is 1.67 bits per heavy atom. The van der Waals surface area contributed by atoms with Crippen molar-refractivity contribution in [1.82, 2.24) is 4.90 Å². The molecule has 0 radical (unpaired) electrons. The van der Waals surface area contributed by atoms with Crippen LogP contribution in [0, 0.1) is 0 Å². The van der Waals surface area contributed by atoms with Crippen LogP contribution in [0.1, 0.15) is 13.3 Å². The molecule has 1 nitrogen and oxygen atoms in total. The summed E-state index contributed by atoms with van der Waals surface area (Å²) in [5.74, 6) is 0.